The monoisotopic (exact) mass is 412 g/mol. The van der Waals surface area contributed by atoms with Gasteiger partial charge in [-0.25, -0.2) is 14.8 Å². The third kappa shape index (κ3) is 4.48. The summed E-state index contributed by atoms with van der Waals surface area (Å²) < 4.78 is 5.00. The van der Waals surface area contributed by atoms with Crippen LogP contribution in [-0.4, -0.2) is 51.4 Å². The van der Waals surface area contributed by atoms with Gasteiger partial charge < -0.3 is 14.6 Å². The number of piperidine rings is 1. The van der Waals surface area contributed by atoms with E-state index in [2.05, 4.69) is 15.0 Å². The van der Waals surface area contributed by atoms with Crippen LogP contribution in [0.4, 0.5) is 0 Å². The summed E-state index contributed by atoms with van der Waals surface area (Å²) in [5, 5.41) is 2.72. The number of aromatic amines is 1. The number of rotatable bonds is 6. The van der Waals surface area contributed by atoms with Gasteiger partial charge in [0.2, 0.25) is 5.91 Å². The first-order valence-electron chi connectivity index (χ1n) is 9.98. The quantitative estimate of drug-likeness (QED) is 0.626. The molecule has 29 heavy (non-hydrogen) atoms. The van der Waals surface area contributed by atoms with Crippen LogP contribution in [0.1, 0.15) is 53.4 Å². The molecule has 0 atom stereocenters. The number of nitrogens with one attached hydrogen (secondary N) is 1. The molecule has 1 aliphatic heterocycles. The number of aryl methyl sites for hydroxylation is 1. The molecule has 1 fully saturated rings. The molecule has 1 aromatic carbocycles. The molecule has 2 aromatic heterocycles. The normalized spacial score (nSPS) is 15.0. The van der Waals surface area contributed by atoms with Gasteiger partial charge in [0.1, 0.15) is 5.82 Å². The van der Waals surface area contributed by atoms with E-state index in [1.54, 1.807) is 12.3 Å². The molecule has 0 aliphatic carbocycles. The number of carbonyl (C=O) groups excluding carboxylic acids is 2. The van der Waals surface area contributed by atoms with Crippen molar-refractivity contribution in [3.63, 3.8) is 0 Å². The summed E-state index contributed by atoms with van der Waals surface area (Å²) in [6, 6.07) is 7.89. The van der Waals surface area contributed by atoms with Crippen molar-refractivity contribution in [1.29, 1.82) is 0 Å². The standard InChI is InChI=1S/C21H24N4O3S/c1-2-28-21(27)17-13-29-20(24-17)14-9-11-25(12-10-14)19(26)8-7-18-22-15-5-3-4-6-16(15)23-18/h3-6,13-14H,2,7-12H2,1H3,(H,22,23). The van der Waals surface area contributed by atoms with Gasteiger partial charge in [-0.15, -0.1) is 11.3 Å². The van der Waals surface area contributed by atoms with Gasteiger partial charge in [0.15, 0.2) is 5.69 Å². The summed E-state index contributed by atoms with van der Waals surface area (Å²) in [6.07, 6.45) is 2.80. The largest absolute Gasteiger partial charge is 0.461 e. The molecule has 4 rings (SSSR count). The fourth-order valence-corrected chi connectivity index (χ4v) is 4.62. The first-order valence-corrected chi connectivity index (χ1v) is 10.9. The second-order valence-electron chi connectivity index (χ2n) is 7.15. The van der Waals surface area contributed by atoms with Crippen molar-refractivity contribution in [2.45, 2.75) is 38.5 Å². The predicted molar refractivity (Wildman–Crippen MR) is 111 cm³/mol. The lowest BCUT2D eigenvalue weighted by Crippen LogP contribution is -2.38. The number of ether oxygens (including phenoxy) is 1. The van der Waals surface area contributed by atoms with Gasteiger partial charge >= 0.3 is 5.97 Å². The number of fused-ring (bicyclic) bond motifs is 1. The van der Waals surface area contributed by atoms with Crippen LogP contribution in [-0.2, 0) is 16.0 Å². The van der Waals surface area contributed by atoms with E-state index >= 15 is 0 Å². The Hall–Kier alpha value is -2.74. The SMILES string of the molecule is CCOC(=O)c1csc(C2CCN(C(=O)CCc3nc4ccccc4[nH]3)CC2)n1. The number of aromatic nitrogens is 3. The Morgan fingerprint density at radius 1 is 1.24 bits per heavy atom. The Balaban J connectivity index is 1.27. The third-order valence-corrected chi connectivity index (χ3v) is 6.22. The molecule has 1 aliphatic rings. The summed E-state index contributed by atoms with van der Waals surface area (Å²) in [5.41, 5.74) is 2.32. The number of esters is 1. The molecule has 0 bridgehead atoms. The highest BCUT2D eigenvalue weighted by atomic mass is 32.1. The highest BCUT2D eigenvalue weighted by Gasteiger charge is 2.26. The summed E-state index contributed by atoms with van der Waals surface area (Å²) >= 11 is 1.50. The molecule has 1 amide bonds. The first kappa shape index (κ1) is 19.6. The summed E-state index contributed by atoms with van der Waals surface area (Å²) in [6.45, 7) is 3.57. The van der Waals surface area contributed by atoms with E-state index in [4.69, 9.17) is 4.74 Å². The maximum Gasteiger partial charge on any atom is 0.357 e. The van der Waals surface area contributed by atoms with E-state index in [9.17, 15) is 9.59 Å². The number of amides is 1. The Kier molecular flexibility index (Phi) is 5.89. The first-order chi connectivity index (χ1) is 14.1. The van der Waals surface area contributed by atoms with Crippen LogP contribution in [0, 0.1) is 0 Å². The zero-order valence-electron chi connectivity index (χ0n) is 16.4. The van der Waals surface area contributed by atoms with E-state index in [0.717, 1.165) is 47.8 Å². The number of H-pyrrole nitrogens is 1. The molecule has 0 unspecified atom stereocenters. The van der Waals surface area contributed by atoms with Crippen molar-refractivity contribution in [2.75, 3.05) is 19.7 Å². The van der Waals surface area contributed by atoms with Gasteiger partial charge in [0.25, 0.3) is 0 Å². The van der Waals surface area contributed by atoms with Crippen LogP contribution in [0.25, 0.3) is 11.0 Å². The Morgan fingerprint density at radius 3 is 2.79 bits per heavy atom. The number of benzene rings is 1. The Bertz CT molecular complexity index is 971. The van der Waals surface area contributed by atoms with Gasteiger partial charge in [-0.05, 0) is 31.9 Å². The second kappa shape index (κ2) is 8.73. The van der Waals surface area contributed by atoms with Gasteiger partial charge in [-0.2, -0.15) is 0 Å². The average Bonchev–Trinajstić information content (AvgIpc) is 3.39. The van der Waals surface area contributed by atoms with Crippen molar-refractivity contribution in [3.8, 4) is 0 Å². The molecule has 1 saturated heterocycles. The van der Waals surface area contributed by atoms with Gasteiger partial charge in [-0.1, -0.05) is 12.1 Å². The number of nitrogens with zero attached hydrogens (tertiary/aromatic N) is 3. The lowest BCUT2D eigenvalue weighted by Gasteiger charge is -2.31. The number of hydrogen-bond acceptors (Lipinski definition) is 6. The van der Waals surface area contributed by atoms with Gasteiger partial charge in [0.05, 0.1) is 22.6 Å². The van der Waals surface area contributed by atoms with Crippen LogP contribution < -0.4 is 0 Å². The van der Waals surface area contributed by atoms with Crippen molar-refractivity contribution < 1.29 is 14.3 Å². The molecule has 3 heterocycles. The van der Waals surface area contributed by atoms with Crippen LogP contribution in [0.15, 0.2) is 29.6 Å². The summed E-state index contributed by atoms with van der Waals surface area (Å²) in [7, 11) is 0. The van der Waals surface area contributed by atoms with Crippen LogP contribution in [0.5, 0.6) is 0 Å². The lowest BCUT2D eigenvalue weighted by molar-refractivity contribution is -0.132. The Morgan fingerprint density at radius 2 is 2.03 bits per heavy atom. The highest BCUT2D eigenvalue weighted by Crippen LogP contribution is 2.30. The number of hydrogen-bond donors (Lipinski definition) is 1. The van der Waals surface area contributed by atoms with Crippen molar-refractivity contribution in [3.05, 3.63) is 46.2 Å². The minimum absolute atomic E-state index is 0.162. The fourth-order valence-electron chi connectivity index (χ4n) is 3.66. The molecule has 8 heteroatoms. The van der Waals surface area contributed by atoms with E-state index in [1.165, 1.54) is 11.3 Å². The number of likely N-dealkylation sites (tertiary alicyclic amines) is 1. The van der Waals surface area contributed by atoms with Crippen molar-refractivity contribution in [1.82, 2.24) is 19.9 Å². The van der Waals surface area contributed by atoms with E-state index in [0.29, 0.717) is 31.1 Å². The van der Waals surface area contributed by atoms with Gasteiger partial charge in [0, 0.05) is 37.2 Å². The van der Waals surface area contributed by atoms with Crippen LogP contribution in [0.3, 0.4) is 0 Å². The zero-order chi connectivity index (χ0) is 20.2. The molecule has 3 aromatic rings. The number of thiazole rings is 1. The molecule has 0 saturated carbocycles. The van der Waals surface area contributed by atoms with Gasteiger partial charge in [-0.3, -0.25) is 4.79 Å². The minimum atomic E-state index is -0.367. The number of carbonyl (C=O) groups is 2. The topological polar surface area (TPSA) is 88.2 Å². The molecular weight excluding hydrogens is 388 g/mol. The smallest absolute Gasteiger partial charge is 0.357 e. The van der Waals surface area contributed by atoms with E-state index in [-0.39, 0.29) is 11.9 Å². The van der Waals surface area contributed by atoms with Crippen molar-refractivity contribution in [2.24, 2.45) is 0 Å². The lowest BCUT2D eigenvalue weighted by atomic mass is 9.97. The van der Waals surface area contributed by atoms with Crippen molar-refractivity contribution >= 4 is 34.2 Å². The predicted octanol–water partition coefficient (Wildman–Crippen LogP) is 3.53. The minimum Gasteiger partial charge on any atom is -0.461 e. The second-order valence-corrected chi connectivity index (χ2v) is 8.04. The highest BCUT2D eigenvalue weighted by molar-refractivity contribution is 7.09. The summed E-state index contributed by atoms with van der Waals surface area (Å²) in [5.74, 6) is 0.940. The maximum absolute atomic E-state index is 12.6. The summed E-state index contributed by atoms with van der Waals surface area (Å²) in [4.78, 5) is 38.6. The molecule has 152 valence electrons. The molecule has 1 N–H and O–H groups in total. The molecular formula is C21H24N4O3S. The Labute approximate surface area is 173 Å². The van der Waals surface area contributed by atoms with E-state index < -0.39 is 0 Å². The van der Waals surface area contributed by atoms with Crippen LogP contribution >= 0.6 is 11.3 Å². The number of imidazole rings is 1. The maximum atomic E-state index is 12.6. The average molecular weight is 413 g/mol. The zero-order valence-corrected chi connectivity index (χ0v) is 17.2. The molecule has 0 spiro atoms. The van der Waals surface area contributed by atoms with E-state index in [1.807, 2.05) is 29.2 Å². The number of para-hydroxylation sites is 2. The fraction of sp³-hybridized carbons (Fsp3) is 0.429. The third-order valence-electron chi connectivity index (χ3n) is 5.22. The molecule has 0 radical (unpaired) electrons. The molecule has 7 nitrogen and oxygen atoms in total. The van der Waals surface area contributed by atoms with Crippen LogP contribution in [0.2, 0.25) is 0 Å².